The van der Waals surface area contributed by atoms with E-state index in [1.54, 1.807) is 12.1 Å². The van der Waals surface area contributed by atoms with E-state index >= 15 is 0 Å². The Morgan fingerprint density at radius 2 is 2.00 bits per heavy atom. The summed E-state index contributed by atoms with van der Waals surface area (Å²) in [5.74, 6) is 0.519. The molecule has 90 valence electrons. The summed E-state index contributed by atoms with van der Waals surface area (Å²) in [6.07, 6.45) is 3.10. The number of imidazole rings is 1. The summed E-state index contributed by atoms with van der Waals surface area (Å²) in [4.78, 5) is 4.39. The van der Waals surface area contributed by atoms with Crippen molar-refractivity contribution >= 4 is 0 Å². The van der Waals surface area contributed by atoms with Crippen LogP contribution in [0, 0.1) is 17.1 Å². The highest BCUT2D eigenvalue weighted by molar-refractivity contribution is 5.58. The van der Waals surface area contributed by atoms with Crippen LogP contribution in [0.15, 0.2) is 24.3 Å². The van der Waals surface area contributed by atoms with Crippen molar-refractivity contribution in [2.75, 3.05) is 0 Å². The monoisotopic (exact) mass is 241 g/mol. The summed E-state index contributed by atoms with van der Waals surface area (Å²) in [7, 11) is 0. The molecule has 3 nitrogen and oxygen atoms in total. The van der Waals surface area contributed by atoms with Crippen LogP contribution in [-0.4, -0.2) is 9.55 Å². The molecule has 0 saturated heterocycles. The Kier molecular flexibility index (Phi) is 2.60. The second-order valence-electron chi connectivity index (χ2n) is 4.46. The number of rotatable bonds is 1. The van der Waals surface area contributed by atoms with E-state index in [2.05, 4.69) is 15.6 Å². The molecule has 2 heterocycles. The third-order valence-corrected chi connectivity index (χ3v) is 3.33. The minimum absolute atomic E-state index is 0.260. The predicted molar refractivity (Wildman–Crippen MR) is 65.3 cm³/mol. The maximum Gasteiger partial charge on any atom is 0.162 e. The Morgan fingerprint density at radius 1 is 1.22 bits per heavy atom. The van der Waals surface area contributed by atoms with Crippen LogP contribution in [0.5, 0.6) is 0 Å². The standard InChI is InChI=1S/C14H12FN3/c15-11-6-4-10(5-7-11)14-17-12(9-16)13-3-1-2-8-18(13)14/h4-7H,1-3,8H2. The van der Waals surface area contributed by atoms with E-state index in [-0.39, 0.29) is 5.82 Å². The van der Waals surface area contributed by atoms with Gasteiger partial charge in [-0.25, -0.2) is 9.37 Å². The van der Waals surface area contributed by atoms with Crippen LogP contribution >= 0.6 is 0 Å². The molecule has 0 saturated carbocycles. The lowest BCUT2D eigenvalue weighted by Crippen LogP contribution is -2.11. The van der Waals surface area contributed by atoms with Gasteiger partial charge in [-0.3, -0.25) is 0 Å². The zero-order valence-electron chi connectivity index (χ0n) is 9.86. The molecule has 2 aromatic rings. The highest BCUT2D eigenvalue weighted by Crippen LogP contribution is 2.27. The summed E-state index contributed by atoms with van der Waals surface area (Å²) >= 11 is 0. The molecule has 1 aliphatic rings. The van der Waals surface area contributed by atoms with Gasteiger partial charge < -0.3 is 4.57 Å². The van der Waals surface area contributed by atoms with Gasteiger partial charge in [0.2, 0.25) is 0 Å². The van der Waals surface area contributed by atoms with Gasteiger partial charge in [0.1, 0.15) is 17.7 Å². The molecular formula is C14H12FN3. The van der Waals surface area contributed by atoms with E-state index in [0.717, 1.165) is 42.9 Å². The van der Waals surface area contributed by atoms with Crippen molar-refractivity contribution in [3.8, 4) is 17.5 Å². The van der Waals surface area contributed by atoms with Crippen LogP contribution in [0.2, 0.25) is 0 Å². The second-order valence-corrected chi connectivity index (χ2v) is 4.46. The van der Waals surface area contributed by atoms with Gasteiger partial charge in [-0.15, -0.1) is 0 Å². The average molecular weight is 241 g/mol. The fourth-order valence-electron chi connectivity index (χ4n) is 2.45. The SMILES string of the molecule is N#Cc1nc(-c2ccc(F)cc2)n2c1CCCC2. The van der Waals surface area contributed by atoms with Crippen molar-refractivity contribution in [3.63, 3.8) is 0 Å². The zero-order chi connectivity index (χ0) is 12.5. The van der Waals surface area contributed by atoms with Crippen LogP contribution < -0.4 is 0 Å². The lowest BCUT2D eigenvalue weighted by atomic mass is 10.1. The maximum absolute atomic E-state index is 12.9. The minimum atomic E-state index is -0.260. The molecule has 3 rings (SSSR count). The van der Waals surface area contributed by atoms with Crippen LogP contribution in [0.1, 0.15) is 24.2 Å². The molecule has 0 amide bonds. The van der Waals surface area contributed by atoms with E-state index in [0.29, 0.717) is 5.69 Å². The van der Waals surface area contributed by atoms with Gasteiger partial charge >= 0.3 is 0 Å². The molecule has 0 aliphatic carbocycles. The second kappa shape index (κ2) is 4.26. The van der Waals surface area contributed by atoms with Crippen LogP contribution in [-0.2, 0) is 13.0 Å². The molecule has 0 radical (unpaired) electrons. The normalized spacial score (nSPS) is 14.0. The van der Waals surface area contributed by atoms with Gasteiger partial charge in [-0.2, -0.15) is 5.26 Å². The zero-order valence-corrected chi connectivity index (χ0v) is 9.86. The topological polar surface area (TPSA) is 41.6 Å². The van der Waals surface area contributed by atoms with Crippen molar-refractivity contribution in [1.29, 1.82) is 5.26 Å². The van der Waals surface area contributed by atoms with Gasteiger partial charge in [0.05, 0.1) is 5.69 Å². The Labute approximate surface area is 105 Å². The number of nitriles is 1. The van der Waals surface area contributed by atoms with Crippen molar-refractivity contribution in [3.05, 3.63) is 41.5 Å². The molecule has 1 aliphatic heterocycles. The van der Waals surface area contributed by atoms with Crippen LogP contribution in [0.25, 0.3) is 11.4 Å². The largest absolute Gasteiger partial charge is 0.327 e. The Morgan fingerprint density at radius 3 is 2.72 bits per heavy atom. The number of nitrogens with zero attached hydrogens (tertiary/aromatic N) is 3. The molecule has 0 fully saturated rings. The minimum Gasteiger partial charge on any atom is -0.327 e. The third-order valence-electron chi connectivity index (χ3n) is 3.33. The molecule has 0 spiro atoms. The number of hydrogen-bond acceptors (Lipinski definition) is 2. The average Bonchev–Trinajstić information content (AvgIpc) is 2.79. The van der Waals surface area contributed by atoms with Gasteiger partial charge in [-0.05, 0) is 43.5 Å². The molecule has 0 unspecified atom stereocenters. The first-order chi connectivity index (χ1) is 8.79. The smallest absolute Gasteiger partial charge is 0.162 e. The van der Waals surface area contributed by atoms with Crippen LogP contribution in [0.3, 0.4) is 0 Å². The van der Waals surface area contributed by atoms with Crippen LogP contribution in [0.4, 0.5) is 4.39 Å². The van der Waals surface area contributed by atoms with E-state index in [1.165, 1.54) is 12.1 Å². The molecule has 1 aromatic carbocycles. The van der Waals surface area contributed by atoms with Crippen molar-refractivity contribution in [2.24, 2.45) is 0 Å². The fraction of sp³-hybridized carbons (Fsp3) is 0.286. The number of fused-ring (bicyclic) bond motifs is 1. The van der Waals surface area contributed by atoms with Gasteiger partial charge in [0.15, 0.2) is 5.69 Å². The Bertz CT molecular complexity index is 620. The van der Waals surface area contributed by atoms with Crippen molar-refractivity contribution in [1.82, 2.24) is 9.55 Å². The number of aromatic nitrogens is 2. The Balaban J connectivity index is 2.15. The first kappa shape index (κ1) is 11.0. The van der Waals surface area contributed by atoms with Crippen molar-refractivity contribution in [2.45, 2.75) is 25.8 Å². The van der Waals surface area contributed by atoms with Gasteiger partial charge in [0.25, 0.3) is 0 Å². The maximum atomic E-state index is 12.9. The third kappa shape index (κ3) is 1.68. The molecule has 4 heteroatoms. The lowest BCUT2D eigenvalue weighted by Gasteiger charge is -2.16. The fourth-order valence-corrected chi connectivity index (χ4v) is 2.45. The number of halogens is 1. The molecule has 0 bridgehead atoms. The first-order valence-corrected chi connectivity index (χ1v) is 6.05. The van der Waals surface area contributed by atoms with E-state index < -0.39 is 0 Å². The predicted octanol–water partition coefficient (Wildman–Crippen LogP) is 2.90. The molecular weight excluding hydrogens is 229 g/mol. The molecule has 0 atom stereocenters. The van der Waals surface area contributed by atoms with Gasteiger partial charge in [0, 0.05) is 12.1 Å². The van der Waals surface area contributed by atoms with E-state index in [1.807, 2.05) is 0 Å². The van der Waals surface area contributed by atoms with Crippen molar-refractivity contribution < 1.29 is 4.39 Å². The molecule has 0 N–H and O–H groups in total. The highest BCUT2D eigenvalue weighted by Gasteiger charge is 2.20. The number of hydrogen-bond donors (Lipinski definition) is 0. The lowest BCUT2D eigenvalue weighted by molar-refractivity contribution is 0.535. The first-order valence-electron chi connectivity index (χ1n) is 6.05. The highest BCUT2D eigenvalue weighted by atomic mass is 19.1. The summed E-state index contributed by atoms with van der Waals surface area (Å²) in [6, 6.07) is 8.41. The van der Waals surface area contributed by atoms with Gasteiger partial charge in [-0.1, -0.05) is 0 Å². The van der Waals surface area contributed by atoms with E-state index in [9.17, 15) is 4.39 Å². The molecule has 1 aromatic heterocycles. The number of benzene rings is 1. The molecule has 18 heavy (non-hydrogen) atoms. The summed E-state index contributed by atoms with van der Waals surface area (Å²) in [6.45, 7) is 0.886. The Hall–Kier alpha value is -2.15. The summed E-state index contributed by atoms with van der Waals surface area (Å²) < 4.78 is 15.0. The quantitative estimate of drug-likeness (QED) is 0.770. The van der Waals surface area contributed by atoms with E-state index in [4.69, 9.17) is 5.26 Å². The summed E-state index contributed by atoms with van der Waals surface area (Å²) in [5.41, 5.74) is 2.39. The summed E-state index contributed by atoms with van der Waals surface area (Å²) in [5, 5.41) is 9.11.